The number of rotatable bonds is 3. The second kappa shape index (κ2) is 5.76. The number of aromatic nitrogens is 2. The molecular formula is C21H14F2N2O3. The number of benzene rings is 2. The highest BCUT2D eigenvalue weighted by Crippen LogP contribution is 2.39. The lowest BCUT2D eigenvalue weighted by Crippen LogP contribution is -2.20. The fourth-order valence-electron chi connectivity index (χ4n) is 3.67. The Labute approximate surface area is 157 Å². The van der Waals surface area contributed by atoms with Gasteiger partial charge in [-0.05, 0) is 29.7 Å². The van der Waals surface area contributed by atoms with Crippen LogP contribution in [0, 0.1) is 11.6 Å². The summed E-state index contributed by atoms with van der Waals surface area (Å²) in [6, 6.07) is 8.17. The van der Waals surface area contributed by atoms with Gasteiger partial charge < -0.3 is 14.2 Å². The van der Waals surface area contributed by atoms with E-state index in [2.05, 4.69) is 0 Å². The number of carboxylic acid groups (broad SMARTS) is 1. The first-order valence-electron chi connectivity index (χ1n) is 8.83. The summed E-state index contributed by atoms with van der Waals surface area (Å²) in [4.78, 5) is 23.9. The Morgan fingerprint density at radius 3 is 2.29 bits per heavy atom. The summed E-state index contributed by atoms with van der Waals surface area (Å²) >= 11 is 0. The van der Waals surface area contributed by atoms with Crippen LogP contribution in [0.1, 0.15) is 29.2 Å². The van der Waals surface area contributed by atoms with Gasteiger partial charge in [-0.1, -0.05) is 24.3 Å². The Kier molecular flexibility index (Phi) is 3.43. The smallest absolute Gasteiger partial charge is 0.341 e. The van der Waals surface area contributed by atoms with Crippen molar-refractivity contribution in [3.8, 4) is 5.69 Å². The maximum Gasteiger partial charge on any atom is 0.341 e. The standard InChI is InChI=1S/C21H14F2N2O3/c22-16-7-14-18(25(13-5-6-13)10-15(20(14)26)21(27)28)17(23)19(16)24-8-11-3-1-2-4-12(11)9-24/h1-4,7-10,13H,5-6H2,(H,27,28). The number of carbonyl (C=O) groups is 1. The highest BCUT2D eigenvalue weighted by atomic mass is 19.1. The number of carboxylic acids is 1. The van der Waals surface area contributed by atoms with Crippen LogP contribution < -0.4 is 5.43 Å². The third kappa shape index (κ3) is 2.36. The van der Waals surface area contributed by atoms with E-state index in [1.807, 2.05) is 24.3 Å². The van der Waals surface area contributed by atoms with Gasteiger partial charge in [0.15, 0.2) is 11.6 Å². The molecule has 2 aromatic heterocycles. The van der Waals surface area contributed by atoms with E-state index in [4.69, 9.17) is 0 Å². The monoisotopic (exact) mass is 380 g/mol. The van der Waals surface area contributed by atoms with Crippen molar-refractivity contribution in [3.05, 3.63) is 76.3 Å². The first-order valence-corrected chi connectivity index (χ1v) is 8.83. The lowest BCUT2D eigenvalue weighted by molar-refractivity contribution is 0.0695. The summed E-state index contributed by atoms with van der Waals surface area (Å²) in [6.45, 7) is 0. The second-order valence-electron chi connectivity index (χ2n) is 7.03. The molecule has 1 fully saturated rings. The number of halogens is 2. The predicted molar refractivity (Wildman–Crippen MR) is 100 cm³/mol. The molecular weight excluding hydrogens is 366 g/mol. The van der Waals surface area contributed by atoms with Gasteiger partial charge in [-0.2, -0.15) is 0 Å². The molecule has 140 valence electrons. The van der Waals surface area contributed by atoms with Crippen LogP contribution in [0.5, 0.6) is 0 Å². The molecule has 5 rings (SSSR count). The quantitative estimate of drug-likeness (QED) is 0.578. The molecule has 0 saturated heterocycles. The molecule has 7 heteroatoms. The van der Waals surface area contributed by atoms with E-state index in [1.54, 1.807) is 12.4 Å². The molecule has 1 N–H and O–H groups in total. The molecule has 2 heterocycles. The number of fused-ring (bicyclic) bond motifs is 2. The summed E-state index contributed by atoms with van der Waals surface area (Å²) < 4.78 is 33.3. The molecule has 5 nitrogen and oxygen atoms in total. The summed E-state index contributed by atoms with van der Waals surface area (Å²) in [5.41, 5.74) is -1.73. The molecule has 0 atom stereocenters. The van der Waals surface area contributed by atoms with E-state index >= 15 is 4.39 Å². The first kappa shape index (κ1) is 16.7. The van der Waals surface area contributed by atoms with Crippen molar-refractivity contribution in [2.75, 3.05) is 0 Å². The average molecular weight is 380 g/mol. The van der Waals surface area contributed by atoms with E-state index in [0.717, 1.165) is 29.7 Å². The van der Waals surface area contributed by atoms with Crippen LogP contribution in [-0.2, 0) is 0 Å². The summed E-state index contributed by atoms with van der Waals surface area (Å²) in [5, 5.41) is 10.7. The minimum absolute atomic E-state index is 0.0633. The molecule has 2 aromatic carbocycles. The van der Waals surface area contributed by atoms with Gasteiger partial charge in [0.2, 0.25) is 5.43 Å². The highest BCUT2D eigenvalue weighted by Gasteiger charge is 2.30. The molecule has 0 bridgehead atoms. The molecule has 0 amide bonds. The largest absolute Gasteiger partial charge is 0.477 e. The second-order valence-corrected chi connectivity index (χ2v) is 7.03. The number of hydrogen-bond donors (Lipinski definition) is 1. The van der Waals surface area contributed by atoms with Gasteiger partial charge in [-0.3, -0.25) is 4.79 Å². The van der Waals surface area contributed by atoms with Gasteiger partial charge >= 0.3 is 5.97 Å². The van der Waals surface area contributed by atoms with Crippen LogP contribution in [0.2, 0.25) is 0 Å². The van der Waals surface area contributed by atoms with Crippen molar-refractivity contribution in [2.24, 2.45) is 0 Å². The van der Waals surface area contributed by atoms with Crippen molar-refractivity contribution >= 4 is 27.6 Å². The van der Waals surface area contributed by atoms with Crippen molar-refractivity contribution in [1.29, 1.82) is 0 Å². The Bertz CT molecular complexity index is 1320. The Hall–Kier alpha value is -3.48. The average Bonchev–Trinajstić information content (AvgIpc) is 3.41. The SMILES string of the molecule is O=C(O)c1cn(C2CC2)c2c(F)c(-n3cc4ccccc4c3)c(F)cc2c1=O. The third-order valence-electron chi connectivity index (χ3n) is 5.17. The van der Waals surface area contributed by atoms with Gasteiger partial charge in [0, 0.05) is 24.6 Å². The van der Waals surface area contributed by atoms with Crippen molar-refractivity contribution in [1.82, 2.24) is 9.13 Å². The topological polar surface area (TPSA) is 64.2 Å². The third-order valence-corrected chi connectivity index (χ3v) is 5.17. The fraction of sp³-hybridized carbons (Fsp3) is 0.143. The summed E-state index contributed by atoms with van der Waals surface area (Å²) in [7, 11) is 0. The predicted octanol–water partition coefficient (Wildman–Crippen LogP) is 4.26. The van der Waals surface area contributed by atoms with Gasteiger partial charge in [-0.25, -0.2) is 13.6 Å². The summed E-state index contributed by atoms with van der Waals surface area (Å²) in [6.07, 6.45) is 5.90. The lowest BCUT2D eigenvalue weighted by atomic mass is 10.1. The van der Waals surface area contributed by atoms with E-state index in [1.165, 1.54) is 15.3 Å². The molecule has 28 heavy (non-hydrogen) atoms. The molecule has 1 saturated carbocycles. The summed E-state index contributed by atoms with van der Waals surface area (Å²) in [5.74, 6) is -3.22. The van der Waals surface area contributed by atoms with E-state index in [0.29, 0.717) is 0 Å². The zero-order valence-electron chi connectivity index (χ0n) is 14.5. The Balaban J connectivity index is 1.87. The fourth-order valence-corrected chi connectivity index (χ4v) is 3.67. The zero-order chi connectivity index (χ0) is 19.6. The molecule has 4 aromatic rings. The van der Waals surface area contributed by atoms with Crippen molar-refractivity contribution in [3.63, 3.8) is 0 Å². The van der Waals surface area contributed by atoms with Crippen LogP contribution in [0.15, 0.2) is 53.7 Å². The zero-order valence-corrected chi connectivity index (χ0v) is 14.5. The van der Waals surface area contributed by atoms with Crippen LogP contribution >= 0.6 is 0 Å². The normalized spacial score (nSPS) is 14.1. The Morgan fingerprint density at radius 2 is 1.71 bits per heavy atom. The molecule has 0 unspecified atom stereocenters. The minimum atomic E-state index is -1.41. The molecule has 1 aliphatic carbocycles. The van der Waals surface area contributed by atoms with E-state index < -0.39 is 28.6 Å². The van der Waals surface area contributed by atoms with E-state index in [-0.39, 0.29) is 22.6 Å². The molecule has 0 aliphatic heterocycles. The van der Waals surface area contributed by atoms with E-state index in [9.17, 15) is 19.1 Å². The van der Waals surface area contributed by atoms with Gasteiger partial charge in [0.25, 0.3) is 0 Å². The number of nitrogens with zero attached hydrogens (tertiary/aromatic N) is 2. The molecule has 0 spiro atoms. The lowest BCUT2D eigenvalue weighted by Gasteiger charge is -2.15. The number of hydrogen-bond acceptors (Lipinski definition) is 2. The van der Waals surface area contributed by atoms with Crippen molar-refractivity contribution in [2.45, 2.75) is 18.9 Å². The van der Waals surface area contributed by atoms with Gasteiger partial charge in [0.05, 0.1) is 10.9 Å². The van der Waals surface area contributed by atoms with Crippen LogP contribution in [0.3, 0.4) is 0 Å². The minimum Gasteiger partial charge on any atom is -0.477 e. The van der Waals surface area contributed by atoms with Gasteiger partial charge in [0.1, 0.15) is 11.3 Å². The molecule has 1 aliphatic rings. The maximum atomic E-state index is 15.5. The van der Waals surface area contributed by atoms with Crippen LogP contribution in [0.4, 0.5) is 8.78 Å². The first-order chi connectivity index (χ1) is 13.5. The van der Waals surface area contributed by atoms with Crippen LogP contribution in [0.25, 0.3) is 27.4 Å². The van der Waals surface area contributed by atoms with Crippen molar-refractivity contribution < 1.29 is 18.7 Å². The maximum absolute atomic E-state index is 15.5. The molecule has 0 radical (unpaired) electrons. The highest BCUT2D eigenvalue weighted by molar-refractivity contribution is 5.93. The van der Waals surface area contributed by atoms with Crippen LogP contribution in [-0.4, -0.2) is 20.2 Å². The number of aromatic carboxylic acids is 1. The number of pyridine rings is 1. The Morgan fingerprint density at radius 1 is 1.07 bits per heavy atom. The van der Waals surface area contributed by atoms with Gasteiger partial charge in [-0.15, -0.1) is 0 Å².